The van der Waals surface area contributed by atoms with Gasteiger partial charge in [0.15, 0.2) is 0 Å². The number of nitrogens with zero attached hydrogens (tertiary/aromatic N) is 2. The third-order valence-corrected chi connectivity index (χ3v) is 6.75. The van der Waals surface area contributed by atoms with E-state index >= 15 is 0 Å². The number of fused-ring (bicyclic) bond motifs is 1. The third-order valence-electron chi connectivity index (χ3n) is 6.75. The Morgan fingerprint density at radius 3 is 2.39 bits per heavy atom. The summed E-state index contributed by atoms with van der Waals surface area (Å²) in [6.07, 6.45) is 4.83. The minimum Gasteiger partial charge on any atom is -0.330 e. The summed E-state index contributed by atoms with van der Waals surface area (Å²) in [5, 5.41) is 0. The number of hydrogen-bond donors (Lipinski definition) is 1. The van der Waals surface area contributed by atoms with E-state index in [9.17, 15) is 13.6 Å². The number of carbonyl (C=O) groups is 1. The Kier molecular flexibility index (Phi) is 6.98. The van der Waals surface area contributed by atoms with Gasteiger partial charge >= 0.3 is 0 Å². The highest BCUT2D eigenvalue weighted by atomic mass is 19.1. The molecule has 0 saturated carbocycles. The zero-order valence-corrected chi connectivity index (χ0v) is 17.9. The van der Waals surface area contributed by atoms with Crippen LogP contribution in [0.1, 0.15) is 49.1 Å². The van der Waals surface area contributed by atoms with Gasteiger partial charge in [-0.2, -0.15) is 0 Å². The number of rotatable bonds is 5. The molecule has 0 radical (unpaired) electrons. The molecule has 2 aliphatic heterocycles. The second kappa shape index (κ2) is 9.88. The van der Waals surface area contributed by atoms with E-state index in [1.165, 1.54) is 24.3 Å². The van der Waals surface area contributed by atoms with Gasteiger partial charge in [-0.25, -0.2) is 8.78 Å². The van der Waals surface area contributed by atoms with E-state index in [0.717, 1.165) is 62.9 Å². The molecule has 2 heterocycles. The van der Waals surface area contributed by atoms with Crippen molar-refractivity contribution in [1.82, 2.24) is 4.90 Å². The highest BCUT2D eigenvalue weighted by molar-refractivity contribution is 5.96. The van der Waals surface area contributed by atoms with E-state index in [-0.39, 0.29) is 23.5 Å². The van der Waals surface area contributed by atoms with Crippen molar-refractivity contribution in [3.8, 4) is 0 Å². The second-order valence-corrected chi connectivity index (χ2v) is 8.79. The lowest BCUT2D eigenvalue weighted by atomic mass is 9.87. The molecule has 2 aliphatic rings. The maximum atomic E-state index is 14.2. The maximum absolute atomic E-state index is 14.2. The third kappa shape index (κ3) is 5.13. The molecule has 1 atom stereocenters. The molecular weight excluding hydrogens is 396 g/mol. The smallest absolute Gasteiger partial charge is 0.241 e. The Morgan fingerprint density at radius 1 is 0.968 bits per heavy atom. The number of hydrogen-bond acceptors (Lipinski definition) is 3. The molecular formula is C25H31F2N3O. The summed E-state index contributed by atoms with van der Waals surface area (Å²) >= 11 is 0. The summed E-state index contributed by atoms with van der Waals surface area (Å²) in [7, 11) is 0. The van der Waals surface area contributed by atoms with Crippen molar-refractivity contribution in [2.45, 2.75) is 38.0 Å². The molecule has 4 nitrogen and oxygen atoms in total. The molecule has 31 heavy (non-hydrogen) atoms. The number of piperidine rings is 1. The fourth-order valence-electron chi connectivity index (χ4n) is 5.02. The van der Waals surface area contributed by atoms with Crippen molar-refractivity contribution in [3.63, 3.8) is 0 Å². The van der Waals surface area contributed by atoms with E-state index in [4.69, 9.17) is 5.73 Å². The van der Waals surface area contributed by atoms with Gasteiger partial charge in [-0.05, 0) is 93.0 Å². The molecule has 1 fully saturated rings. The number of anilines is 1. The van der Waals surface area contributed by atoms with Gasteiger partial charge in [-0.1, -0.05) is 18.2 Å². The molecule has 0 bridgehead atoms. The van der Waals surface area contributed by atoms with Crippen LogP contribution in [0.15, 0.2) is 42.5 Å². The standard InChI is InChI=1S/C25H31F2N3O/c26-20-5-3-19(4-6-20)22-2-1-13-30(24-16-21(27)7-8-23(22)24)25(31)17-29-14-10-18(9-12-28)11-15-29/h3-8,16,18,22H,1-2,9-15,17,28H2. The number of nitrogens with two attached hydrogens (primary N) is 1. The molecule has 166 valence electrons. The first kappa shape index (κ1) is 21.9. The highest BCUT2D eigenvalue weighted by Gasteiger charge is 2.29. The predicted molar refractivity (Wildman–Crippen MR) is 119 cm³/mol. The lowest BCUT2D eigenvalue weighted by Gasteiger charge is -2.33. The second-order valence-electron chi connectivity index (χ2n) is 8.79. The van der Waals surface area contributed by atoms with E-state index in [0.29, 0.717) is 24.7 Å². The zero-order chi connectivity index (χ0) is 21.8. The Hall–Kier alpha value is -2.31. The fourth-order valence-corrected chi connectivity index (χ4v) is 5.02. The number of benzene rings is 2. The Morgan fingerprint density at radius 2 is 1.68 bits per heavy atom. The summed E-state index contributed by atoms with van der Waals surface area (Å²) in [5.74, 6) is 0.0633. The summed E-state index contributed by atoms with van der Waals surface area (Å²) in [4.78, 5) is 17.2. The van der Waals surface area contributed by atoms with E-state index in [1.54, 1.807) is 23.1 Å². The van der Waals surface area contributed by atoms with E-state index in [2.05, 4.69) is 4.90 Å². The Bertz CT molecular complexity index is 894. The van der Waals surface area contributed by atoms with Gasteiger partial charge in [-0.3, -0.25) is 9.69 Å². The quantitative estimate of drug-likeness (QED) is 0.775. The van der Waals surface area contributed by atoms with Crippen molar-refractivity contribution in [2.75, 3.05) is 37.6 Å². The van der Waals surface area contributed by atoms with Crippen LogP contribution in [0.5, 0.6) is 0 Å². The van der Waals surface area contributed by atoms with Crippen molar-refractivity contribution in [3.05, 3.63) is 65.2 Å². The monoisotopic (exact) mass is 427 g/mol. The number of likely N-dealkylation sites (tertiary alicyclic amines) is 1. The van der Waals surface area contributed by atoms with Gasteiger partial charge < -0.3 is 10.6 Å². The molecule has 1 unspecified atom stereocenters. The van der Waals surface area contributed by atoms with Crippen molar-refractivity contribution < 1.29 is 13.6 Å². The molecule has 2 N–H and O–H groups in total. The first-order valence-electron chi connectivity index (χ1n) is 11.3. The summed E-state index contributed by atoms with van der Waals surface area (Å²) in [5.41, 5.74) is 8.25. The van der Waals surface area contributed by atoms with Crippen LogP contribution in [0.25, 0.3) is 0 Å². The van der Waals surface area contributed by atoms with Crippen LogP contribution in [0.3, 0.4) is 0 Å². The van der Waals surface area contributed by atoms with Crippen molar-refractivity contribution in [2.24, 2.45) is 11.7 Å². The highest BCUT2D eigenvalue weighted by Crippen LogP contribution is 2.39. The lowest BCUT2D eigenvalue weighted by Crippen LogP contribution is -2.44. The van der Waals surface area contributed by atoms with Crippen LogP contribution in [0, 0.1) is 17.6 Å². The van der Waals surface area contributed by atoms with Crippen LogP contribution in [0.4, 0.5) is 14.5 Å². The molecule has 2 aromatic rings. The average molecular weight is 428 g/mol. The molecule has 4 rings (SSSR count). The van der Waals surface area contributed by atoms with Crippen LogP contribution < -0.4 is 10.6 Å². The van der Waals surface area contributed by atoms with Crippen molar-refractivity contribution >= 4 is 11.6 Å². The summed E-state index contributed by atoms with van der Waals surface area (Å²) < 4.78 is 27.6. The van der Waals surface area contributed by atoms with Crippen LogP contribution >= 0.6 is 0 Å². The average Bonchev–Trinajstić information content (AvgIpc) is 2.95. The van der Waals surface area contributed by atoms with Crippen molar-refractivity contribution in [1.29, 1.82) is 0 Å². The van der Waals surface area contributed by atoms with Gasteiger partial charge in [0.1, 0.15) is 11.6 Å². The largest absolute Gasteiger partial charge is 0.330 e. The number of amides is 1. The SMILES string of the molecule is NCCC1CCN(CC(=O)N2CCCC(c3ccc(F)cc3)c3ccc(F)cc32)CC1. The Balaban J connectivity index is 1.54. The van der Waals surface area contributed by atoms with Gasteiger partial charge in [0.25, 0.3) is 0 Å². The maximum Gasteiger partial charge on any atom is 0.241 e. The molecule has 0 aromatic heterocycles. The molecule has 0 aliphatic carbocycles. The molecule has 2 aromatic carbocycles. The minimum absolute atomic E-state index is 0.0148. The summed E-state index contributed by atoms with van der Waals surface area (Å²) in [6, 6.07) is 11.2. The van der Waals surface area contributed by atoms with Crippen LogP contribution in [-0.2, 0) is 4.79 Å². The molecule has 0 spiro atoms. The first-order valence-corrected chi connectivity index (χ1v) is 11.3. The van der Waals surface area contributed by atoms with Gasteiger partial charge in [-0.15, -0.1) is 0 Å². The van der Waals surface area contributed by atoms with E-state index < -0.39 is 0 Å². The first-order chi connectivity index (χ1) is 15.0. The lowest BCUT2D eigenvalue weighted by molar-refractivity contribution is -0.120. The fraction of sp³-hybridized carbons (Fsp3) is 0.480. The summed E-state index contributed by atoms with van der Waals surface area (Å²) in [6.45, 7) is 3.44. The van der Waals surface area contributed by atoms with Gasteiger partial charge in [0.2, 0.25) is 5.91 Å². The van der Waals surface area contributed by atoms with Crippen LogP contribution in [-0.4, -0.2) is 43.5 Å². The Labute approximate surface area is 183 Å². The zero-order valence-electron chi connectivity index (χ0n) is 17.9. The number of halogens is 2. The molecule has 1 amide bonds. The van der Waals surface area contributed by atoms with Gasteiger partial charge in [0, 0.05) is 12.5 Å². The van der Waals surface area contributed by atoms with Crippen LogP contribution in [0.2, 0.25) is 0 Å². The molecule has 6 heteroatoms. The minimum atomic E-state index is -0.348. The topological polar surface area (TPSA) is 49.6 Å². The van der Waals surface area contributed by atoms with E-state index in [1.807, 2.05) is 0 Å². The number of carbonyl (C=O) groups excluding carboxylic acids is 1. The van der Waals surface area contributed by atoms with Gasteiger partial charge in [0.05, 0.1) is 12.2 Å². The normalized spacial score (nSPS) is 20.4. The predicted octanol–water partition coefficient (Wildman–Crippen LogP) is 4.28. The molecule has 1 saturated heterocycles.